The third-order valence-corrected chi connectivity index (χ3v) is 5.15. The number of benzene rings is 1. The van der Waals surface area contributed by atoms with Gasteiger partial charge in [0.15, 0.2) is 0 Å². The van der Waals surface area contributed by atoms with Crippen LogP contribution in [0.15, 0.2) is 24.3 Å². The molecule has 1 aromatic carbocycles. The zero-order chi connectivity index (χ0) is 15.0. The standard InChI is InChI=1S/C17H22N2O3/c20-16-18-15-4-2-1-3-14(15)17(22-16)6-8-19(9-7-17)11-13-5-10-21-12-13/h1-4,13H,5-12H2,(H,18,20). The number of nitrogens with one attached hydrogen (secondary N) is 1. The molecule has 22 heavy (non-hydrogen) atoms. The van der Waals surface area contributed by atoms with Crippen molar-refractivity contribution in [3.63, 3.8) is 0 Å². The van der Waals surface area contributed by atoms with Crippen molar-refractivity contribution in [2.45, 2.75) is 24.9 Å². The highest BCUT2D eigenvalue weighted by molar-refractivity contribution is 5.88. The van der Waals surface area contributed by atoms with Crippen LogP contribution in [-0.4, -0.2) is 43.8 Å². The molecule has 1 spiro atoms. The number of nitrogens with zero attached hydrogens (tertiary/aromatic N) is 1. The molecule has 3 aliphatic rings. The molecular weight excluding hydrogens is 280 g/mol. The highest BCUT2D eigenvalue weighted by Gasteiger charge is 2.44. The van der Waals surface area contributed by atoms with E-state index in [0.717, 1.165) is 56.9 Å². The molecule has 1 atom stereocenters. The summed E-state index contributed by atoms with van der Waals surface area (Å²) < 4.78 is 11.2. The van der Waals surface area contributed by atoms with Crippen LogP contribution in [0.25, 0.3) is 0 Å². The van der Waals surface area contributed by atoms with Crippen LogP contribution in [0.3, 0.4) is 0 Å². The number of rotatable bonds is 2. The summed E-state index contributed by atoms with van der Waals surface area (Å²) in [6.45, 7) is 4.84. The minimum absolute atomic E-state index is 0.323. The summed E-state index contributed by atoms with van der Waals surface area (Å²) in [6.07, 6.45) is 2.58. The summed E-state index contributed by atoms with van der Waals surface area (Å²) in [5.41, 5.74) is 1.58. The molecule has 1 aromatic rings. The Bertz CT molecular complexity index is 561. The first-order valence-corrected chi connectivity index (χ1v) is 8.15. The van der Waals surface area contributed by atoms with Crippen LogP contribution >= 0.6 is 0 Å². The Balaban J connectivity index is 1.48. The maximum atomic E-state index is 11.9. The van der Waals surface area contributed by atoms with E-state index in [-0.39, 0.29) is 6.09 Å². The van der Waals surface area contributed by atoms with Gasteiger partial charge in [0.25, 0.3) is 0 Å². The van der Waals surface area contributed by atoms with Crippen LogP contribution in [0.5, 0.6) is 0 Å². The van der Waals surface area contributed by atoms with Gasteiger partial charge in [0, 0.05) is 44.6 Å². The number of hydrogen-bond donors (Lipinski definition) is 1. The number of ether oxygens (including phenoxy) is 2. The molecule has 5 heteroatoms. The maximum absolute atomic E-state index is 11.9. The number of piperidine rings is 1. The molecular formula is C17H22N2O3. The first-order chi connectivity index (χ1) is 10.8. The van der Waals surface area contributed by atoms with Gasteiger partial charge in [-0.1, -0.05) is 18.2 Å². The normalized spacial score (nSPS) is 27.3. The average molecular weight is 302 g/mol. The Hall–Kier alpha value is -1.59. The van der Waals surface area contributed by atoms with Crippen molar-refractivity contribution < 1.29 is 14.3 Å². The molecule has 0 bridgehead atoms. The Morgan fingerprint density at radius 2 is 2.09 bits per heavy atom. The highest BCUT2D eigenvalue weighted by atomic mass is 16.6. The van der Waals surface area contributed by atoms with E-state index in [2.05, 4.69) is 16.3 Å². The lowest BCUT2D eigenvalue weighted by Crippen LogP contribution is -2.49. The predicted molar refractivity (Wildman–Crippen MR) is 82.8 cm³/mol. The van der Waals surface area contributed by atoms with Crippen molar-refractivity contribution >= 4 is 11.8 Å². The summed E-state index contributed by atoms with van der Waals surface area (Å²) in [7, 11) is 0. The lowest BCUT2D eigenvalue weighted by Gasteiger charge is -2.44. The molecule has 1 unspecified atom stereocenters. The van der Waals surface area contributed by atoms with Gasteiger partial charge < -0.3 is 14.4 Å². The van der Waals surface area contributed by atoms with Gasteiger partial charge in [-0.2, -0.15) is 0 Å². The summed E-state index contributed by atoms with van der Waals surface area (Å²) in [4.78, 5) is 14.4. The van der Waals surface area contributed by atoms with Gasteiger partial charge >= 0.3 is 6.09 Å². The zero-order valence-corrected chi connectivity index (χ0v) is 12.7. The van der Waals surface area contributed by atoms with Crippen molar-refractivity contribution in [3.8, 4) is 0 Å². The van der Waals surface area contributed by atoms with Crippen LogP contribution in [0.4, 0.5) is 10.5 Å². The minimum Gasteiger partial charge on any atom is -0.438 e. The van der Waals surface area contributed by atoms with Crippen LogP contribution in [0, 0.1) is 5.92 Å². The van der Waals surface area contributed by atoms with Crippen molar-refractivity contribution in [2.75, 3.05) is 38.2 Å². The fourth-order valence-corrected chi connectivity index (χ4v) is 3.92. The molecule has 0 saturated carbocycles. The van der Waals surface area contributed by atoms with Crippen molar-refractivity contribution in [2.24, 2.45) is 5.92 Å². The van der Waals surface area contributed by atoms with E-state index in [1.54, 1.807) is 0 Å². The van der Waals surface area contributed by atoms with E-state index in [1.807, 2.05) is 18.2 Å². The summed E-state index contributed by atoms with van der Waals surface area (Å²) in [6, 6.07) is 8.01. The van der Waals surface area contributed by atoms with Gasteiger partial charge in [-0.25, -0.2) is 4.79 Å². The third kappa shape index (κ3) is 2.48. The summed E-state index contributed by atoms with van der Waals surface area (Å²) in [5, 5.41) is 2.81. The van der Waals surface area contributed by atoms with E-state index in [9.17, 15) is 4.79 Å². The molecule has 1 amide bonds. The number of likely N-dealkylation sites (tertiary alicyclic amines) is 1. The Kier molecular flexibility index (Phi) is 3.54. The van der Waals surface area contributed by atoms with Gasteiger partial charge in [-0.05, 0) is 18.4 Å². The van der Waals surface area contributed by atoms with Crippen LogP contribution in [0.2, 0.25) is 0 Å². The second-order valence-electron chi connectivity index (χ2n) is 6.58. The number of hydrogen-bond acceptors (Lipinski definition) is 4. The van der Waals surface area contributed by atoms with E-state index in [4.69, 9.17) is 9.47 Å². The molecule has 0 radical (unpaired) electrons. The van der Waals surface area contributed by atoms with Crippen LogP contribution in [0.1, 0.15) is 24.8 Å². The molecule has 4 rings (SSSR count). The molecule has 3 heterocycles. The first kappa shape index (κ1) is 14.0. The molecule has 0 aliphatic carbocycles. The van der Waals surface area contributed by atoms with Crippen molar-refractivity contribution in [1.82, 2.24) is 4.90 Å². The van der Waals surface area contributed by atoms with Gasteiger partial charge in [0.1, 0.15) is 5.60 Å². The molecule has 118 valence electrons. The second-order valence-corrected chi connectivity index (χ2v) is 6.58. The predicted octanol–water partition coefficient (Wildman–Crippen LogP) is 2.58. The van der Waals surface area contributed by atoms with Gasteiger partial charge in [-0.3, -0.25) is 5.32 Å². The lowest BCUT2D eigenvalue weighted by atomic mass is 9.82. The van der Waals surface area contributed by atoms with E-state index < -0.39 is 5.60 Å². The number of amides is 1. The fourth-order valence-electron chi connectivity index (χ4n) is 3.92. The van der Waals surface area contributed by atoms with Crippen LogP contribution in [-0.2, 0) is 15.1 Å². The lowest BCUT2D eigenvalue weighted by molar-refractivity contribution is -0.0402. The molecule has 1 N–H and O–H groups in total. The first-order valence-electron chi connectivity index (χ1n) is 8.15. The number of carbonyl (C=O) groups excluding carboxylic acids is 1. The van der Waals surface area contributed by atoms with Crippen molar-refractivity contribution in [1.29, 1.82) is 0 Å². The van der Waals surface area contributed by atoms with Gasteiger partial charge in [0.2, 0.25) is 0 Å². The maximum Gasteiger partial charge on any atom is 0.412 e. The molecule has 5 nitrogen and oxygen atoms in total. The average Bonchev–Trinajstić information content (AvgIpc) is 3.03. The van der Waals surface area contributed by atoms with E-state index in [1.165, 1.54) is 6.42 Å². The largest absolute Gasteiger partial charge is 0.438 e. The Labute approximate surface area is 130 Å². The quantitative estimate of drug-likeness (QED) is 0.912. The third-order valence-electron chi connectivity index (χ3n) is 5.15. The number of carbonyl (C=O) groups is 1. The fraction of sp³-hybridized carbons (Fsp3) is 0.588. The van der Waals surface area contributed by atoms with Gasteiger partial charge in [0.05, 0.1) is 12.3 Å². The SMILES string of the molecule is O=C1Nc2ccccc2C2(CCN(CC3CCOC3)CC2)O1. The number of para-hydroxylation sites is 1. The minimum atomic E-state index is -0.443. The topological polar surface area (TPSA) is 50.8 Å². The molecule has 3 aliphatic heterocycles. The Morgan fingerprint density at radius 3 is 2.86 bits per heavy atom. The van der Waals surface area contributed by atoms with E-state index in [0.29, 0.717) is 5.92 Å². The Morgan fingerprint density at radius 1 is 1.27 bits per heavy atom. The summed E-state index contributed by atoms with van der Waals surface area (Å²) in [5.74, 6) is 0.664. The second kappa shape index (κ2) is 5.56. The van der Waals surface area contributed by atoms with Crippen LogP contribution < -0.4 is 5.32 Å². The van der Waals surface area contributed by atoms with Crippen molar-refractivity contribution in [3.05, 3.63) is 29.8 Å². The monoisotopic (exact) mass is 302 g/mol. The number of fused-ring (bicyclic) bond motifs is 2. The van der Waals surface area contributed by atoms with E-state index >= 15 is 0 Å². The molecule has 2 saturated heterocycles. The highest BCUT2D eigenvalue weighted by Crippen LogP contribution is 2.43. The smallest absolute Gasteiger partial charge is 0.412 e. The number of anilines is 1. The van der Waals surface area contributed by atoms with Gasteiger partial charge in [-0.15, -0.1) is 0 Å². The zero-order valence-electron chi connectivity index (χ0n) is 12.7. The summed E-state index contributed by atoms with van der Waals surface area (Å²) >= 11 is 0. The molecule has 0 aromatic heterocycles. The molecule has 2 fully saturated rings.